The van der Waals surface area contributed by atoms with Crippen LogP contribution >= 0.6 is 11.3 Å². The van der Waals surface area contributed by atoms with Crippen molar-refractivity contribution in [1.82, 2.24) is 4.98 Å². The normalized spacial score (nSPS) is 17.1. The Bertz CT molecular complexity index is 1080. The lowest BCUT2D eigenvalue weighted by atomic mass is 9.66. The van der Waals surface area contributed by atoms with Gasteiger partial charge in [-0.05, 0) is 73.4 Å². The third-order valence-electron chi connectivity index (χ3n) is 7.18. The number of benzene rings is 1. The van der Waals surface area contributed by atoms with Crippen molar-refractivity contribution in [3.05, 3.63) is 71.0 Å². The molecule has 1 aromatic carbocycles. The van der Waals surface area contributed by atoms with Crippen LogP contribution in [0.5, 0.6) is 5.75 Å². The summed E-state index contributed by atoms with van der Waals surface area (Å²) in [5, 5.41) is 10.0. The van der Waals surface area contributed by atoms with E-state index < -0.39 is 5.97 Å². The topological polar surface area (TPSA) is 62.7 Å². The predicted molar refractivity (Wildman–Crippen MR) is 146 cm³/mol. The van der Waals surface area contributed by atoms with Gasteiger partial charge in [0.25, 0.3) is 0 Å². The van der Waals surface area contributed by atoms with Crippen LogP contribution in [-0.2, 0) is 11.2 Å². The van der Waals surface area contributed by atoms with Crippen LogP contribution in [-0.4, -0.2) is 35.8 Å². The van der Waals surface area contributed by atoms with Crippen molar-refractivity contribution in [1.29, 1.82) is 0 Å². The number of aromatic nitrogens is 1. The Kier molecular flexibility index (Phi) is 10.3. The molecule has 1 N–H and O–H groups in total. The third kappa shape index (κ3) is 7.79. The van der Waals surface area contributed by atoms with E-state index in [1.165, 1.54) is 12.2 Å². The first-order valence-corrected chi connectivity index (χ1v) is 13.5. The van der Waals surface area contributed by atoms with Crippen molar-refractivity contribution in [2.24, 2.45) is 11.3 Å². The number of nitrogens with zero attached hydrogens (tertiary/aromatic N) is 2. The lowest BCUT2D eigenvalue weighted by Crippen LogP contribution is -2.44. The number of ether oxygens (including phenoxy) is 1. The summed E-state index contributed by atoms with van der Waals surface area (Å²) in [6.45, 7) is 8.92. The fourth-order valence-corrected chi connectivity index (χ4v) is 5.63. The lowest BCUT2D eigenvalue weighted by Gasteiger charge is -2.45. The molecule has 0 aliphatic carbocycles. The van der Waals surface area contributed by atoms with Gasteiger partial charge in [0.2, 0.25) is 0 Å². The van der Waals surface area contributed by atoms with Gasteiger partial charge in [-0.1, -0.05) is 55.9 Å². The van der Waals surface area contributed by atoms with Crippen LogP contribution in [0, 0.1) is 11.3 Å². The van der Waals surface area contributed by atoms with Crippen LogP contribution in [0.3, 0.4) is 0 Å². The highest BCUT2D eigenvalue weighted by Gasteiger charge is 2.39. The summed E-state index contributed by atoms with van der Waals surface area (Å²) in [7, 11) is 0. The number of aliphatic carboxylic acids is 1. The molecule has 1 fully saturated rings. The molecule has 0 bridgehead atoms. The predicted octanol–water partition coefficient (Wildman–Crippen LogP) is 7.31. The maximum atomic E-state index is 13.8. The molecule has 2 heterocycles. The first-order valence-electron chi connectivity index (χ1n) is 12.7. The molecule has 194 valence electrons. The van der Waals surface area contributed by atoms with Gasteiger partial charge in [0.05, 0.1) is 13.0 Å². The molecule has 0 amide bonds. The van der Waals surface area contributed by atoms with E-state index in [-0.39, 0.29) is 17.7 Å². The van der Waals surface area contributed by atoms with E-state index >= 15 is 0 Å². The molecule has 2 aromatic rings. The van der Waals surface area contributed by atoms with E-state index in [2.05, 4.69) is 23.7 Å². The average molecular weight is 513 g/mol. The molecular formula is C29H37FN2O3S. The Morgan fingerprint density at radius 3 is 2.83 bits per heavy atom. The van der Waals surface area contributed by atoms with Crippen LogP contribution in [0.15, 0.2) is 60.6 Å². The highest BCUT2D eigenvalue weighted by Crippen LogP contribution is 2.44. The molecule has 5 nitrogen and oxygen atoms in total. The Hall–Kier alpha value is -2.93. The summed E-state index contributed by atoms with van der Waals surface area (Å²) >= 11 is 1.59. The van der Waals surface area contributed by atoms with Gasteiger partial charge in [0.1, 0.15) is 11.6 Å². The zero-order valence-electron chi connectivity index (χ0n) is 21.5. The van der Waals surface area contributed by atoms with Crippen LogP contribution in [0.1, 0.15) is 56.9 Å². The van der Waals surface area contributed by atoms with Crippen molar-refractivity contribution in [2.75, 3.05) is 24.6 Å². The number of hydrogen-bond donors (Lipinski definition) is 1. The molecule has 1 aromatic heterocycles. The number of halogens is 1. The summed E-state index contributed by atoms with van der Waals surface area (Å²) < 4.78 is 19.8. The Morgan fingerprint density at radius 1 is 1.36 bits per heavy atom. The standard InChI is InChI=1S/C29H37FN2O3S/c1-4-6-9-24(30)11-12-26-21-31-28(36-26)32-16-13-29(14-17-32,22(3)5-2)15-18-35-25-10-7-8-23(19-25)20-27(33)34/h4,6-12,19,21-22H,5,13-18,20H2,1-3H3,(H,33,34)/b6-4-,12-11+,24-9+. The summed E-state index contributed by atoms with van der Waals surface area (Å²) in [4.78, 5) is 18.9. The number of piperidine rings is 1. The van der Waals surface area contributed by atoms with Crippen molar-refractivity contribution in [3.8, 4) is 5.75 Å². The zero-order valence-corrected chi connectivity index (χ0v) is 22.3. The largest absolute Gasteiger partial charge is 0.494 e. The second-order valence-corrected chi connectivity index (χ2v) is 10.5. The quantitative estimate of drug-likeness (QED) is 0.302. The number of rotatable bonds is 12. The minimum atomic E-state index is -0.841. The van der Waals surface area contributed by atoms with Crippen molar-refractivity contribution in [2.45, 2.75) is 52.9 Å². The van der Waals surface area contributed by atoms with Crippen molar-refractivity contribution in [3.63, 3.8) is 0 Å². The fourth-order valence-electron chi connectivity index (χ4n) is 4.76. The first-order chi connectivity index (χ1) is 17.3. The molecule has 7 heteroatoms. The Morgan fingerprint density at radius 2 is 2.14 bits per heavy atom. The van der Waals surface area contributed by atoms with Gasteiger partial charge in [-0.15, -0.1) is 0 Å². The maximum absolute atomic E-state index is 13.8. The third-order valence-corrected chi connectivity index (χ3v) is 8.20. The number of anilines is 1. The van der Waals surface area contributed by atoms with Crippen LogP contribution in [0.4, 0.5) is 9.52 Å². The average Bonchev–Trinajstić information content (AvgIpc) is 3.35. The number of allylic oxidation sites excluding steroid dienone is 5. The van der Waals surface area contributed by atoms with E-state index in [0.717, 1.165) is 60.1 Å². The number of carbonyl (C=O) groups is 1. The maximum Gasteiger partial charge on any atom is 0.307 e. The summed E-state index contributed by atoms with van der Waals surface area (Å²) in [6.07, 6.45) is 14.2. The number of carboxylic acid groups (broad SMARTS) is 1. The van der Waals surface area contributed by atoms with Crippen LogP contribution in [0.2, 0.25) is 0 Å². The summed E-state index contributed by atoms with van der Waals surface area (Å²) in [5.74, 6) is 0.177. The number of hydrogen-bond acceptors (Lipinski definition) is 5. The second-order valence-electron chi connectivity index (χ2n) is 9.43. The molecule has 36 heavy (non-hydrogen) atoms. The van der Waals surface area contributed by atoms with Gasteiger partial charge in [-0.3, -0.25) is 4.79 Å². The van der Waals surface area contributed by atoms with E-state index in [1.807, 2.05) is 37.4 Å². The SMILES string of the molecule is C\C=C/C=C(F)\C=C\c1cnc(N2CCC(CCOc3cccc(CC(=O)O)c3)(C(C)CC)CC2)s1. The van der Waals surface area contributed by atoms with Gasteiger partial charge in [-0.25, -0.2) is 9.37 Å². The molecule has 0 spiro atoms. The summed E-state index contributed by atoms with van der Waals surface area (Å²) in [6, 6.07) is 7.37. The molecule has 1 atom stereocenters. The molecular weight excluding hydrogens is 475 g/mol. The Balaban J connectivity index is 1.58. The highest BCUT2D eigenvalue weighted by atomic mass is 32.1. The van der Waals surface area contributed by atoms with Gasteiger partial charge < -0.3 is 14.7 Å². The monoisotopic (exact) mass is 512 g/mol. The first kappa shape index (κ1) is 27.7. The number of carboxylic acids is 1. The lowest BCUT2D eigenvalue weighted by molar-refractivity contribution is -0.136. The molecule has 1 unspecified atom stereocenters. The molecule has 1 aliphatic heterocycles. The number of thiazole rings is 1. The van der Waals surface area contributed by atoms with Crippen LogP contribution < -0.4 is 9.64 Å². The van der Waals surface area contributed by atoms with E-state index in [0.29, 0.717) is 12.5 Å². The van der Waals surface area contributed by atoms with Crippen LogP contribution in [0.25, 0.3) is 6.08 Å². The van der Waals surface area contributed by atoms with Crippen molar-refractivity contribution >= 4 is 28.5 Å². The van der Waals surface area contributed by atoms with E-state index in [4.69, 9.17) is 9.84 Å². The van der Waals surface area contributed by atoms with E-state index in [1.54, 1.807) is 29.6 Å². The van der Waals surface area contributed by atoms with E-state index in [9.17, 15) is 9.18 Å². The molecule has 0 radical (unpaired) electrons. The van der Waals surface area contributed by atoms with Gasteiger partial charge in [0.15, 0.2) is 5.13 Å². The van der Waals surface area contributed by atoms with Gasteiger partial charge in [-0.2, -0.15) is 0 Å². The molecule has 1 saturated heterocycles. The minimum absolute atomic E-state index is 0.0000555. The molecule has 3 rings (SSSR count). The Labute approximate surface area is 218 Å². The second kappa shape index (κ2) is 13.4. The highest BCUT2D eigenvalue weighted by molar-refractivity contribution is 7.16. The zero-order chi connectivity index (χ0) is 26.0. The fraction of sp³-hybridized carbons (Fsp3) is 0.448. The van der Waals surface area contributed by atoms with Gasteiger partial charge >= 0.3 is 5.97 Å². The van der Waals surface area contributed by atoms with Crippen molar-refractivity contribution < 1.29 is 19.0 Å². The van der Waals surface area contributed by atoms with Gasteiger partial charge in [0, 0.05) is 24.2 Å². The molecule has 0 saturated carbocycles. The smallest absolute Gasteiger partial charge is 0.307 e. The molecule has 1 aliphatic rings. The summed E-state index contributed by atoms with van der Waals surface area (Å²) in [5.41, 5.74) is 0.948. The minimum Gasteiger partial charge on any atom is -0.494 e.